The number of nitrogens with zero attached hydrogens (tertiary/aromatic N) is 2. The van der Waals surface area contributed by atoms with E-state index >= 15 is 0 Å². The van der Waals surface area contributed by atoms with Gasteiger partial charge < -0.3 is 20.3 Å². The molecule has 2 saturated heterocycles. The van der Waals surface area contributed by atoms with Crippen LogP contribution in [0.3, 0.4) is 0 Å². The van der Waals surface area contributed by atoms with E-state index in [1.807, 2.05) is 0 Å². The van der Waals surface area contributed by atoms with Crippen LogP contribution in [0.25, 0.3) is 10.2 Å². The van der Waals surface area contributed by atoms with Crippen LogP contribution in [0, 0.1) is 11.7 Å². The standard InChI is InChI=1S/C34H39ClFN5O6S2/c35-21-11-14-26-29(15-21)48-33(38-26)47-24-17-28-30(42)39-34(32(44)40-49(45,46)25-12-13-25)18-20(34)7-4-2-1-3-5-10-27(31(43)41(28)19-24)37-23-9-6-8-22(36)16-23/h6,8-9,11,14-16,20,24-25,27-28,37H,1-5,7,10,12-13,17-19H2,(H,39,42)(H,40,44)/t20-,24-,27+,28+,34-/m1/s1. The molecule has 3 N–H and O–H groups in total. The predicted octanol–water partition coefficient (Wildman–Crippen LogP) is 5.15. The van der Waals surface area contributed by atoms with E-state index in [1.54, 1.807) is 30.3 Å². The first-order valence-corrected chi connectivity index (χ1v) is 19.7. The first kappa shape index (κ1) is 34.0. The number of rotatable bonds is 7. The van der Waals surface area contributed by atoms with E-state index in [4.69, 9.17) is 16.3 Å². The second-order valence-electron chi connectivity index (χ2n) is 13.7. The number of anilines is 1. The molecule has 4 aliphatic rings. The number of nitrogens with one attached hydrogen (secondary N) is 3. The van der Waals surface area contributed by atoms with Crippen LogP contribution in [0.4, 0.5) is 10.1 Å². The lowest BCUT2D eigenvalue weighted by Gasteiger charge is -2.30. The summed E-state index contributed by atoms with van der Waals surface area (Å²) in [4.78, 5) is 48.3. The van der Waals surface area contributed by atoms with Crippen molar-refractivity contribution in [1.29, 1.82) is 0 Å². The van der Waals surface area contributed by atoms with E-state index < -0.39 is 56.6 Å². The highest BCUT2D eigenvalue weighted by atomic mass is 35.5. The summed E-state index contributed by atoms with van der Waals surface area (Å²) in [6.07, 6.45) is 6.26. The minimum atomic E-state index is -3.84. The third-order valence-corrected chi connectivity index (χ3v) is 13.0. The monoisotopic (exact) mass is 731 g/mol. The number of aromatic nitrogens is 1. The van der Waals surface area contributed by atoms with Gasteiger partial charge in [-0.25, -0.2) is 17.8 Å². The van der Waals surface area contributed by atoms with E-state index in [0.29, 0.717) is 53.5 Å². The van der Waals surface area contributed by atoms with Crippen molar-refractivity contribution in [2.24, 2.45) is 5.92 Å². The molecule has 3 aromatic rings. The van der Waals surface area contributed by atoms with Crippen molar-refractivity contribution in [3.8, 4) is 5.19 Å². The fraction of sp³-hybridized carbons (Fsp3) is 0.529. The summed E-state index contributed by atoms with van der Waals surface area (Å²) in [6.45, 7) is 0.0770. The van der Waals surface area contributed by atoms with Crippen LogP contribution in [-0.2, 0) is 24.4 Å². The number of benzene rings is 2. The van der Waals surface area contributed by atoms with Gasteiger partial charge in [-0.15, -0.1) is 0 Å². The first-order valence-electron chi connectivity index (χ1n) is 16.9. The Labute approximate surface area is 293 Å². The molecule has 3 heterocycles. The molecule has 3 amide bonds. The fourth-order valence-corrected chi connectivity index (χ4v) is 9.62. The van der Waals surface area contributed by atoms with Crippen LogP contribution in [0.1, 0.15) is 70.6 Å². The SMILES string of the molecule is O=C1N[C@]2(C(=O)NS(=O)(=O)C3CC3)C[C@H]2CCCCCCC[C@H](Nc2cccc(F)c2)C(=O)N2C[C@H](Oc3nc4ccc(Cl)cc4s3)C[C@@H]12. The highest BCUT2D eigenvalue weighted by Gasteiger charge is 2.62. The molecule has 262 valence electrons. The maximum atomic E-state index is 14.4. The Morgan fingerprint density at radius 1 is 1.06 bits per heavy atom. The average Bonchev–Trinajstić information content (AvgIpc) is 3.95. The lowest BCUT2D eigenvalue weighted by atomic mass is 10.0. The molecule has 2 saturated carbocycles. The number of fused-ring (bicyclic) bond motifs is 3. The average molecular weight is 732 g/mol. The molecule has 11 nitrogen and oxygen atoms in total. The molecule has 2 aliphatic heterocycles. The van der Waals surface area contributed by atoms with Gasteiger partial charge in [0.1, 0.15) is 29.5 Å². The first-order chi connectivity index (χ1) is 23.5. The third-order valence-electron chi connectivity index (χ3n) is 10.0. The molecule has 15 heteroatoms. The van der Waals surface area contributed by atoms with E-state index in [2.05, 4.69) is 20.3 Å². The molecule has 0 spiro atoms. The molecule has 2 aliphatic carbocycles. The number of ether oxygens (including phenoxy) is 1. The summed E-state index contributed by atoms with van der Waals surface area (Å²) < 4.78 is 49.0. The summed E-state index contributed by atoms with van der Waals surface area (Å²) in [5, 5.41) is 6.48. The number of sulfonamides is 1. The summed E-state index contributed by atoms with van der Waals surface area (Å²) >= 11 is 7.47. The molecule has 49 heavy (non-hydrogen) atoms. The van der Waals surface area contributed by atoms with Gasteiger partial charge in [-0.05, 0) is 74.4 Å². The Bertz CT molecular complexity index is 1870. The maximum absolute atomic E-state index is 14.4. The lowest BCUT2D eigenvalue weighted by molar-refractivity contribution is -0.140. The van der Waals surface area contributed by atoms with Gasteiger partial charge in [0.25, 0.3) is 11.1 Å². The number of carbonyl (C=O) groups is 3. The smallest absolute Gasteiger partial charge is 0.274 e. The number of hydrogen-bond acceptors (Lipinski definition) is 9. The minimum absolute atomic E-state index is 0.0770. The van der Waals surface area contributed by atoms with Crippen molar-refractivity contribution in [2.45, 2.75) is 99.6 Å². The second kappa shape index (κ2) is 13.7. The quantitative estimate of drug-likeness (QED) is 0.303. The number of amides is 3. The van der Waals surface area contributed by atoms with E-state index in [0.717, 1.165) is 36.8 Å². The van der Waals surface area contributed by atoms with E-state index in [9.17, 15) is 27.2 Å². The van der Waals surface area contributed by atoms with Gasteiger partial charge in [0.2, 0.25) is 21.8 Å². The van der Waals surface area contributed by atoms with Gasteiger partial charge in [-0.3, -0.25) is 19.1 Å². The van der Waals surface area contributed by atoms with Gasteiger partial charge in [0.05, 0.1) is 22.0 Å². The lowest BCUT2D eigenvalue weighted by Crippen LogP contribution is -2.57. The zero-order valence-corrected chi connectivity index (χ0v) is 29.2. The van der Waals surface area contributed by atoms with Crippen LogP contribution in [0.2, 0.25) is 5.02 Å². The summed E-state index contributed by atoms with van der Waals surface area (Å²) in [7, 11) is -3.84. The summed E-state index contributed by atoms with van der Waals surface area (Å²) in [6, 6.07) is 9.48. The molecule has 0 unspecified atom stereocenters. The van der Waals surface area contributed by atoms with Crippen LogP contribution < -0.4 is 20.1 Å². The van der Waals surface area contributed by atoms with E-state index in [1.165, 1.54) is 28.4 Å². The number of halogens is 2. The highest BCUT2D eigenvalue weighted by molar-refractivity contribution is 7.91. The van der Waals surface area contributed by atoms with Crippen molar-refractivity contribution in [2.75, 3.05) is 11.9 Å². The topological polar surface area (TPSA) is 147 Å². The Kier molecular flexibility index (Phi) is 9.48. The maximum Gasteiger partial charge on any atom is 0.274 e. The van der Waals surface area contributed by atoms with E-state index in [-0.39, 0.29) is 24.8 Å². The summed E-state index contributed by atoms with van der Waals surface area (Å²) in [5.74, 6) is -2.26. The molecule has 1 aromatic heterocycles. The largest absolute Gasteiger partial charge is 0.465 e. The highest BCUT2D eigenvalue weighted by Crippen LogP contribution is 2.48. The van der Waals surface area contributed by atoms with Crippen LogP contribution >= 0.6 is 22.9 Å². The minimum Gasteiger partial charge on any atom is -0.465 e. The van der Waals surface area contributed by atoms with Gasteiger partial charge in [0.15, 0.2) is 0 Å². The van der Waals surface area contributed by atoms with Crippen molar-refractivity contribution < 1.29 is 31.9 Å². The van der Waals surface area contributed by atoms with Crippen LogP contribution in [-0.4, -0.2) is 71.5 Å². The van der Waals surface area contributed by atoms with Gasteiger partial charge >= 0.3 is 0 Å². The normalized spacial score (nSPS) is 28.1. The predicted molar refractivity (Wildman–Crippen MR) is 184 cm³/mol. The molecule has 5 atom stereocenters. The number of carbonyl (C=O) groups excluding carboxylic acids is 3. The molecule has 2 aromatic carbocycles. The van der Waals surface area contributed by atoms with Gasteiger partial charge in [-0.2, -0.15) is 0 Å². The third kappa shape index (κ3) is 7.51. The van der Waals surface area contributed by atoms with Gasteiger partial charge in [0, 0.05) is 17.1 Å². The molecular formula is C34H39ClFN5O6S2. The molecule has 0 bridgehead atoms. The Hall–Kier alpha value is -3.49. The Morgan fingerprint density at radius 3 is 2.61 bits per heavy atom. The number of thiazole rings is 1. The van der Waals surface area contributed by atoms with Crippen molar-refractivity contribution in [3.05, 3.63) is 53.3 Å². The number of hydrogen-bond donors (Lipinski definition) is 3. The molecule has 7 rings (SSSR count). The zero-order chi connectivity index (χ0) is 34.3. The Morgan fingerprint density at radius 2 is 1.84 bits per heavy atom. The Balaban J connectivity index is 1.17. The zero-order valence-electron chi connectivity index (χ0n) is 26.8. The van der Waals surface area contributed by atoms with Crippen molar-refractivity contribution in [1.82, 2.24) is 19.9 Å². The van der Waals surface area contributed by atoms with Crippen LogP contribution in [0.5, 0.6) is 5.19 Å². The van der Waals surface area contributed by atoms with Crippen molar-refractivity contribution in [3.63, 3.8) is 0 Å². The fourth-order valence-electron chi connectivity index (χ4n) is 7.10. The van der Waals surface area contributed by atoms with Gasteiger partial charge in [-0.1, -0.05) is 61.1 Å². The van der Waals surface area contributed by atoms with Crippen molar-refractivity contribution >= 4 is 66.6 Å². The molecular weight excluding hydrogens is 693 g/mol. The second-order valence-corrected chi connectivity index (χ2v) is 17.1. The molecule has 0 radical (unpaired) electrons. The molecule has 4 fully saturated rings. The summed E-state index contributed by atoms with van der Waals surface area (Å²) in [5.41, 5.74) is -0.219. The van der Waals surface area contributed by atoms with Crippen LogP contribution in [0.15, 0.2) is 42.5 Å².